The van der Waals surface area contributed by atoms with E-state index in [1.165, 1.54) is 6.08 Å². The minimum atomic E-state index is -0.873. The average Bonchev–Trinajstić information content (AvgIpc) is 3.88. The normalized spacial score (nSPS) is 17.7. The lowest BCUT2D eigenvalue weighted by molar-refractivity contribution is -0.147. The maximum atomic E-state index is 12.2. The summed E-state index contributed by atoms with van der Waals surface area (Å²) in [6.45, 7) is 9.88. The van der Waals surface area contributed by atoms with Crippen molar-refractivity contribution in [1.29, 1.82) is 10.8 Å². The molecule has 2 aliphatic rings. The lowest BCUT2D eigenvalue weighted by Crippen LogP contribution is -2.34. The molecule has 2 fully saturated rings. The van der Waals surface area contributed by atoms with Crippen LogP contribution in [0.5, 0.6) is 23.0 Å². The van der Waals surface area contributed by atoms with Gasteiger partial charge in [-0.25, -0.2) is 9.59 Å². The first-order chi connectivity index (χ1) is 32.2. The Kier molecular flexibility index (Phi) is 19.1. The number of likely N-dealkylation sites (N-methyl/N-ethyl adjacent to an activating group) is 2. The fourth-order valence-corrected chi connectivity index (χ4v) is 7.13. The first-order valence-electron chi connectivity index (χ1n) is 21.7. The average molecular weight is 923 g/mol. The maximum absolute atomic E-state index is 12.2. The molecule has 0 saturated carbocycles. The number of amides is 2. The van der Waals surface area contributed by atoms with E-state index in [0.717, 1.165) is 22.6 Å². The van der Waals surface area contributed by atoms with Crippen LogP contribution in [0, 0.1) is 10.8 Å². The van der Waals surface area contributed by atoms with Crippen LogP contribution in [-0.2, 0) is 37.0 Å². The fraction of sp³-hybridized carbons (Fsp3) is 0.347. The van der Waals surface area contributed by atoms with Gasteiger partial charge in [0.25, 0.3) is 0 Å². The van der Waals surface area contributed by atoms with Gasteiger partial charge in [-0.1, -0.05) is 61.2 Å². The number of carbonyl (C=O) groups is 4. The van der Waals surface area contributed by atoms with Gasteiger partial charge < -0.3 is 38.3 Å². The summed E-state index contributed by atoms with van der Waals surface area (Å²) in [6.07, 6.45) is 0.458. The third-order valence-electron chi connectivity index (χ3n) is 10.4. The minimum absolute atomic E-state index is 0.0641. The van der Waals surface area contributed by atoms with Crippen molar-refractivity contribution in [3.8, 4) is 23.0 Å². The summed E-state index contributed by atoms with van der Waals surface area (Å²) in [7, 11) is 3.59. The van der Waals surface area contributed by atoms with E-state index >= 15 is 0 Å². The third-order valence-corrected chi connectivity index (χ3v) is 10.4. The number of nitrogens with one attached hydrogen (secondary N) is 4. The number of carboxylic acid groups (broad SMARTS) is 1. The van der Waals surface area contributed by atoms with Crippen LogP contribution in [0.3, 0.4) is 0 Å². The smallest absolute Gasteiger partial charge is 0.413 e. The summed E-state index contributed by atoms with van der Waals surface area (Å²) in [6, 6.07) is 27.1. The van der Waals surface area contributed by atoms with Crippen LogP contribution < -0.4 is 29.6 Å². The molecule has 0 aliphatic carbocycles. The van der Waals surface area contributed by atoms with Crippen molar-refractivity contribution in [2.75, 3.05) is 47.0 Å². The number of hydrogen-bond donors (Lipinski definition) is 5. The van der Waals surface area contributed by atoms with Crippen LogP contribution in [0.4, 0.5) is 9.59 Å². The van der Waals surface area contributed by atoms with E-state index < -0.39 is 24.2 Å². The lowest BCUT2D eigenvalue weighted by atomic mass is 10.2. The number of alkyl carbamates (subject to hydrolysis) is 2. The minimum Gasteiger partial charge on any atom is -0.494 e. The molecule has 2 aliphatic heterocycles. The fourth-order valence-electron chi connectivity index (χ4n) is 7.13. The Morgan fingerprint density at radius 2 is 1.09 bits per heavy atom. The number of rotatable bonds is 18. The summed E-state index contributed by atoms with van der Waals surface area (Å²) >= 11 is 0. The molecule has 0 bridgehead atoms. The predicted molar refractivity (Wildman–Crippen MR) is 248 cm³/mol. The summed E-state index contributed by atoms with van der Waals surface area (Å²) in [4.78, 5) is 51.3. The summed E-state index contributed by atoms with van der Waals surface area (Å²) in [5.74, 6) is 1.12. The van der Waals surface area contributed by atoms with Crippen LogP contribution in [0.15, 0.2) is 110 Å². The highest BCUT2D eigenvalue weighted by atomic mass is 16.6. The van der Waals surface area contributed by atoms with Gasteiger partial charge in [0.15, 0.2) is 0 Å². The van der Waals surface area contributed by atoms with E-state index in [1.54, 1.807) is 84.7 Å². The molecule has 0 spiro atoms. The van der Waals surface area contributed by atoms with Gasteiger partial charge in [-0.15, -0.1) is 0 Å². The second-order valence-corrected chi connectivity index (χ2v) is 15.5. The Morgan fingerprint density at radius 1 is 0.657 bits per heavy atom. The van der Waals surface area contributed by atoms with Crippen LogP contribution in [0.1, 0.15) is 48.9 Å². The summed E-state index contributed by atoms with van der Waals surface area (Å²) in [5, 5.41) is 30.4. The standard InChI is InChI=1S/C26H31N3O6.C23H27N3O6/c1-4-13-33-25(30)23-15-22(16-29(23)3)35-21-8-6-7-19(14-21)24(27)28-26(31)34-17-18-9-11-20(12-10-18)32-5-2;1-3-30-17-9-7-15(8-10-17)14-31-23(29)25-21(24)16-5-4-6-18(11-16)32-19-12-20(22(27)28)26(2)13-19/h4,6-12,14,22-23H,1,5,13,15-17H2,2-3H3,(H2,27,28,31);4-11,19-20H,3,12-14H2,1-2H3,(H,27,28)(H2,24,25,29)/t22-,23+;19-,20+/m00/s1. The van der Waals surface area contributed by atoms with Crippen molar-refractivity contribution in [2.24, 2.45) is 0 Å². The molecule has 18 heteroatoms. The zero-order chi connectivity index (χ0) is 48.3. The molecule has 4 aromatic carbocycles. The van der Waals surface area contributed by atoms with Crippen LogP contribution in [0.2, 0.25) is 0 Å². The number of aliphatic carboxylic acids is 1. The van der Waals surface area contributed by atoms with Crippen molar-refractivity contribution in [2.45, 2.75) is 64.2 Å². The van der Waals surface area contributed by atoms with Crippen molar-refractivity contribution in [3.05, 3.63) is 132 Å². The second kappa shape index (κ2) is 25.3. The van der Waals surface area contributed by atoms with E-state index in [1.807, 2.05) is 50.1 Å². The number of hydrogen-bond acceptors (Lipinski definition) is 15. The molecular weight excluding hydrogens is 865 g/mol. The van der Waals surface area contributed by atoms with Crippen LogP contribution in [0.25, 0.3) is 0 Å². The molecule has 5 N–H and O–H groups in total. The largest absolute Gasteiger partial charge is 0.494 e. The van der Waals surface area contributed by atoms with E-state index in [9.17, 15) is 24.3 Å². The van der Waals surface area contributed by atoms with Crippen molar-refractivity contribution < 1.29 is 57.4 Å². The molecule has 0 aromatic heterocycles. The number of ether oxygens (including phenoxy) is 7. The molecule has 6 rings (SSSR count). The molecule has 2 amide bonds. The third kappa shape index (κ3) is 15.9. The van der Waals surface area contributed by atoms with Crippen molar-refractivity contribution >= 4 is 35.8 Å². The number of esters is 1. The van der Waals surface area contributed by atoms with Crippen LogP contribution in [-0.4, -0.2) is 122 Å². The Bertz CT molecular complexity index is 2330. The van der Waals surface area contributed by atoms with E-state index in [-0.39, 0.29) is 55.7 Å². The van der Waals surface area contributed by atoms with E-state index in [4.69, 9.17) is 44.0 Å². The first kappa shape index (κ1) is 50.6. The number of amidine groups is 2. The summed E-state index contributed by atoms with van der Waals surface area (Å²) < 4.78 is 38.2. The number of carboxylic acids is 1. The second-order valence-electron chi connectivity index (χ2n) is 15.5. The van der Waals surface area contributed by atoms with Gasteiger partial charge in [0, 0.05) is 37.1 Å². The molecular formula is C49H58N6O12. The quantitative estimate of drug-likeness (QED) is 0.0239. The van der Waals surface area contributed by atoms with Gasteiger partial charge in [-0.2, -0.15) is 0 Å². The predicted octanol–water partition coefficient (Wildman–Crippen LogP) is 6.39. The highest BCUT2D eigenvalue weighted by Gasteiger charge is 2.37. The molecule has 2 saturated heterocycles. The van der Waals surface area contributed by atoms with Gasteiger partial charge >= 0.3 is 24.1 Å². The molecule has 18 nitrogen and oxygen atoms in total. The Morgan fingerprint density at radius 3 is 1.49 bits per heavy atom. The number of likely N-dealkylation sites (tertiary alicyclic amines) is 2. The Hall–Kier alpha value is -7.44. The van der Waals surface area contributed by atoms with Gasteiger partial charge in [0.05, 0.1) is 13.2 Å². The number of carbonyl (C=O) groups excluding carboxylic acids is 3. The topological polar surface area (TPSA) is 231 Å². The Labute approximate surface area is 389 Å². The van der Waals surface area contributed by atoms with Gasteiger partial charge in [0.1, 0.15) is 78.8 Å². The van der Waals surface area contributed by atoms with Crippen molar-refractivity contribution in [3.63, 3.8) is 0 Å². The lowest BCUT2D eigenvalue weighted by Gasteiger charge is -2.16. The highest BCUT2D eigenvalue weighted by Crippen LogP contribution is 2.25. The van der Waals surface area contributed by atoms with Gasteiger partial charge in [-0.05, 0) is 87.6 Å². The molecule has 356 valence electrons. The zero-order valence-corrected chi connectivity index (χ0v) is 38.0. The molecule has 67 heavy (non-hydrogen) atoms. The maximum Gasteiger partial charge on any atom is 0.413 e. The molecule has 4 aromatic rings. The SMILES string of the molecule is C=CCOC(=O)[C@H]1C[C@H](Oc2cccc(C(=N)NC(=O)OCc3ccc(OCC)cc3)c2)CN1C.CCOc1ccc(COC(=O)NC(=N)c2cccc(O[C@H]3C[C@H](C(=O)O)N(C)C3)c2)cc1. The number of benzene rings is 4. The first-order valence-corrected chi connectivity index (χ1v) is 21.7. The van der Waals surface area contributed by atoms with Gasteiger partial charge in [-0.3, -0.25) is 40.8 Å². The van der Waals surface area contributed by atoms with Crippen molar-refractivity contribution in [1.82, 2.24) is 20.4 Å². The van der Waals surface area contributed by atoms with E-state index in [0.29, 0.717) is 61.8 Å². The highest BCUT2D eigenvalue weighted by molar-refractivity contribution is 6.05. The van der Waals surface area contributed by atoms with E-state index in [2.05, 4.69) is 17.2 Å². The monoisotopic (exact) mass is 922 g/mol. The number of nitrogens with zero attached hydrogens (tertiary/aromatic N) is 2. The molecule has 2 heterocycles. The summed E-state index contributed by atoms with van der Waals surface area (Å²) in [5.41, 5.74) is 2.51. The van der Waals surface area contributed by atoms with Crippen LogP contribution >= 0.6 is 0 Å². The Balaban J connectivity index is 0.000000252. The van der Waals surface area contributed by atoms with Gasteiger partial charge in [0.2, 0.25) is 0 Å². The zero-order valence-electron chi connectivity index (χ0n) is 38.0. The molecule has 0 unspecified atom stereocenters. The molecule has 0 radical (unpaired) electrons. The molecule has 4 atom stereocenters.